The molecule has 0 saturated carbocycles. The lowest BCUT2D eigenvalue weighted by Gasteiger charge is -2.48. The van der Waals surface area contributed by atoms with Crippen LogP contribution in [0.15, 0.2) is 0 Å². The van der Waals surface area contributed by atoms with Gasteiger partial charge in [-0.2, -0.15) is 0 Å². The van der Waals surface area contributed by atoms with E-state index < -0.39 is 40.5 Å². The number of hydrogen-bond donors (Lipinski definition) is 0. The molecule has 0 amide bonds. The van der Waals surface area contributed by atoms with Crippen LogP contribution in [-0.4, -0.2) is 53.2 Å². The third-order valence-corrected chi connectivity index (χ3v) is 15.1. The molecule has 0 radical (unpaired) electrons. The van der Waals surface area contributed by atoms with Gasteiger partial charge >= 0.3 is 17.9 Å². The molecule has 0 spiro atoms. The summed E-state index contributed by atoms with van der Waals surface area (Å²) < 4.78 is 33.3. The second-order valence-corrected chi connectivity index (χ2v) is 18.9. The maximum Gasteiger partial charge on any atom is 0.319 e. The third kappa shape index (κ3) is 10.9. The zero-order valence-corrected chi connectivity index (χ0v) is 31.5. The van der Waals surface area contributed by atoms with Crippen LogP contribution in [0.1, 0.15) is 160 Å². The van der Waals surface area contributed by atoms with Gasteiger partial charge in [0.15, 0.2) is 0 Å². The first kappa shape index (κ1) is 42.6. The number of unbranched alkanes of at least 4 members (excludes halogenated alkanes) is 3. The second kappa shape index (κ2) is 20.0. The van der Waals surface area contributed by atoms with E-state index in [-0.39, 0.29) is 37.6 Å². The number of rotatable bonds is 24. The Bertz CT molecular complexity index is 794. The van der Waals surface area contributed by atoms with E-state index in [0.717, 1.165) is 77.0 Å². The van der Waals surface area contributed by atoms with E-state index in [4.69, 9.17) is 14.2 Å². The van der Waals surface area contributed by atoms with Crippen LogP contribution < -0.4 is 0 Å². The van der Waals surface area contributed by atoms with Crippen LogP contribution in [0.4, 0.5) is 0 Å². The predicted octanol–water partition coefficient (Wildman–Crippen LogP) is 9.96. The van der Waals surface area contributed by atoms with Gasteiger partial charge in [0.2, 0.25) is 0 Å². The van der Waals surface area contributed by atoms with E-state index in [9.17, 15) is 14.4 Å². The minimum Gasteiger partial charge on any atom is -0.465 e. The highest BCUT2D eigenvalue weighted by Crippen LogP contribution is 2.75. The molecule has 0 heterocycles. The quantitative estimate of drug-likeness (QED) is 0.0586. The molecule has 44 heavy (non-hydrogen) atoms. The molecule has 3 unspecified atom stereocenters. The Morgan fingerprint density at radius 3 is 0.909 bits per heavy atom. The van der Waals surface area contributed by atoms with Crippen molar-refractivity contribution in [1.82, 2.24) is 0 Å². The summed E-state index contributed by atoms with van der Waals surface area (Å²) in [5.41, 5.74) is 0. The molecule has 7 nitrogen and oxygen atoms in total. The monoisotopic (exact) mass is 644 g/mol. The highest BCUT2D eigenvalue weighted by molar-refractivity contribution is 7.71. The molecule has 0 N–H and O–H groups in total. The molecule has 0 bridgehead atoms. The molecule has 0 aromatic carbocycles. The summed E-state index contributed by atoms with van der Waals surface area (Å²) in [7, 11) is -4.19. The van der Waals surface area contributed by atoms with Gasteiger partial charge in [0, 0.05) is 0 Å². The van der Waals surface area contributed by atoms with Gasteiger partial charge in [0.1, 0.15) is 22.6 Å². The van der Waals surface area contributed by atoms with Crippen molar-refractivity contribution < 1.29 is 33.2 Å². The van der Waals surface area contributed by atoms with E-state index in [1.54, 1.807) is 41.5 Å². The summed E-state index contributed by atoms with van der Waals surface area (Å²) in [5, 5.41) is -5.00. The van der Waals surface area contributed by atoms with Crippen LogP contribution >= 0.6 is 7.14 Å². The van der Waals surface area contributed by atoms with E-state index in [1.807, 2.05) is 0 Å². The molecule has 0 aromatic rings. The minimum absolute atomic E-state index is 0.188. The van der Waals surface area contributed by atoms with Gasteiger partial charge in [-0.3, -0.25) is 14.4 Å². The lowest BCUT2D eigenvalue weighted by molar-refractivity contribution is -0.149. The highest BCUT2D eigenvalue weighted by Gasteiger charge is 2.69. The average molecular weight is 645 g/mol. The molecular formula is C36H69O7P. The van der Waals surface area contributed by atoms with Gasteiger partial charge < -0.3 is 18.8 Å². The number of esters is 3. The summed E-state index contributed by atoms with van der Waals surface area (Å²) in [6.07, 6.45) is 11.6. The minimum atomic E-state index is -4.19. The molecule has 0 rings (SSSR count). The Kier molecular flexibility index (Phi) is 19.4. The fourth-order valence-electron chi connectivity index (χ4n) is 6.29. The van der Waals surface area contributed by atoms with Gasteiger partial charge in [0.05, 0.1) is 19.8 Å². The van der Waals surface area contributed by atoms with E-state index in [0.29, 0.717) is 0 Å². The smallest absolute Gasteiger partial charge is 0.319 e. The molecule has 3 atom stereocenters. The van der Waals surface area contributed by atoms with Crippen molar-refractivity contribution in [1.29, 1.82) is 0 Å². The van der Waals surface area contributed by atoms with Crippen LogP contribution in [0.3, 0.4) is 0 Å². The number of ether oxygens (including phenoxy) is 3. The van der Waals surface area contributed by atoms with E-state index in [1.165, 1.54) is 0 Å². The molecule has 8 heteroatoms. The predicted molar refractivity (Wildman–Crippen MR) is 183 cm³/mol. The van der Waals surface area contributed by atoms with Gasteiger partial charge in [-0.1, -0.05) is 99.3 Å². The van der Waals surface area contributed by atoms with Crippen molar-refractivity contribution in [3.63, 3.8) is 0 Å². The first-order valence-electron chi connectivity index (χ1n) is 17.6. The number of carbonyl (C=O) groups is 3. The Balaban J connectivity index is 6.58. The van der Waals surface area contributed by atoms with Crippen LogP contribution in [0, 0.1) is 17.8 Å². The van der Waals surface area contributed by atoms with Crippen molar-refractivity contribution in [2.75, 3.05) is 19.8 Å². The van der Waals surface area contributed by atoms with Crippen LogP contribution in [0.25, 0.3) is 0 Å². The summed E-state index contributed by atoms with van der Waals surface area (Å²) in [5.74, 6) is -1.43. The molecule has 0 aromatic heterocycles. The maximum atomic E-state index is 15.8. The van der Waals surface area contributed by atoms with Crippen LogP contribution in [0.2, 0.25) is 0 Å². The number of carbonyl (C=O) groups excluding carboxylic acids is 3. The summed E-state index contributed by atoms with van der Waals surface area (Å²) in [4.78, 5) is 41.7. The fourth-order valence-corrected chi connectivity index (χ4v) is 11.4. The van der Waals surface area contributed by atoms with Gasteiger partial charge in [-0.25, -0.2) is 0 Å². The zero-order valence-electron chi connectivity index (χ0n) is 30.6. The van der Waals surface area contributed by atoms with Gasteiger partial charge in [-0.15, -0.1) is 0 Å². The largest absolute Gasteiger partial charge is 0.465 e. The highest BCUT2D eigenvalue weighted by atomic mass is 31.2. The lowest BCUT2D eigenvalue weighted by atomic mass is 10.0. The summed E-state index contributed by atoms with van der Waals surface area (Å²) in [6, 6.07) is 0. The molecule has 0 aliphatic carbocycles. The van der Waals surface area contributed by atoms with Crippen molar-refractivity contribution in [2.24, 2.45) is 17.8 Å². The van der Waals surface area contributed by atoms with Crippen molar-refractivity contribution >= 4 is 25.0 Å². The normalized spacial score (nSPS) is 16.0. The topological polar surface area (TPSA) is 96.0 Å². The molecular weight excluding hydrogens is 575 g/mol. The summed E-state index contributed by atoms with van der Waals surface area (Å²) >= 11 is 0. The Hall–Kier alpha value is -1.36. The van der Waals surface area contributed by atoms with Gasteiger partial charge in [-0.05, 0) is 78.6 Å². The third-order valence-electron chi connectivity index (χ3n) is 9.84. The summed E-state index contributed by atoms with van der Waals surface area (Å²) in [6.45, 7) is 22.5. The molecule has 0 aliphatic heterocycles. The maximum absolute atomic E-state index is 15.8. The van der Waals surface area contributed by atoms with Gasteiger partial charge in [0.25, 0.3) is 0 Å². The SMILES string of the molecule is CCCCC(CC)COC(=O)C(C)(C)P(=O)(C(C)(C)C(=O)OCC(CC)CCCC)C(C)(C)C(=O)OCC(CC)CCCC. The number of hydrogen-bond acceptors (Lipinski definition) is 7. The Morgan fingerprint density at radius 1 is 0.500 bits per heavy atom. The lowest BCUT2D eigenvalue weighted by Crippen LogP contribution is -2.54. The first-order valence-corrected chi connectivity index (χ1v) is 19.3. The molecule has 260 valence electrons. The van der Waals surface area contributed by atoms with Crippen LogP contribution in [-0.2, 0) is 33.2 Å². The van der Waals surface area contributed by atoms with E-state index >= 15 is 4.57 Å². The van der Waals surface area contributed by atoms with Crippen molar-refractivity contribution in [3.05, 3.63) is 0 Å². The molecule has 0 aliphatic rings. The second-order valence-electron chi connectivity index (χ2n) is 14.3. The zero-order chi connectivity index (χ0) is 34.2. The molecule has 0 fully saturated rings. The van der Waals surface area contributed by atoms with E-state index in [2.05, 4.69) is 41.5 Å². The Labute approximate surface area is 271 Å². The van der Waals surface area contributed by atoms with Crippen molar-refractivity contribution in [3.8, 4) is 0 Å². The Morgan fingerprint density at radius 2 is 0.727 bits per heavy atom. The van der Waals surface area contributed by atoms with Crippen LogP contribution in [0.5, 0.6) is 0 Å². The van der Waals surface area contributed by atoms with Crippen molar-refractivity contribution in [2.45, 2.75) is 176 Å². The average Bonchev–Trinajstić information content (AvgIpc) is 2.99. The standard InChI is InChI=1S/C36H69O7P/c1-13-19-22-28(16-4)25-41-31(37)34(7,8)44(40,35(9,10)32(38)42-26-29(17-5)23-20-14-2)36(11,12)33(39)43-27-30(18-6)24-21-15-3/h28-30H,13-27H2,1-12H3. The molecule has 0 saturated heterocycles. The first-order chi connectivity index (χ1) is 20.5. The fraction of sp³-hybridized carbons (Fsp3) is 0.917.